The van der Waals surface area contributed by atoms with E-state index in [4.69, 9.17) is 27.2 Å². The van der Waals surface area contributed by atoms with Crippen LogP contribution in [0.1, 0.15) is 21.7 Å². The van der Waals surface area contributed by atoms with Gasteiger partial charge in [0.2, 0.25) is 0 Å². The van der Waals surface area contributed by atoms with Crippen LogP contribution < -0.4 is 0 Å². The molecule has 0 spiro atoms. The second kappa shape index (κ2) is 4.77. The van der Waals surface area contributed by atoms with E-state index in [1.165, 1.54) is 23.0 Å². The molecular weight excluding hydrogens is 270 g/mol. The van der Waals surface area contributed by atoms with Gasteiger partial charge < -0.3 is 5.11 Å². The van der Waals surface area contributed by atoms with Gasteiger partial charge in [-0.2, -0.15) is 10.5 Å². The van der Waals surface area contributed by atoms with E-state index >= 15 is 0 Å². The highest BCUT2D eigenvalue weighted by Gasteiger charge is 2.15. The maximum atomic E-state index is 10.9. The molecule has 2 heterocycles. The molecule has 0 saturated heterocycles. The van der Waals surface area contributed by atoms with Crippen molar-refractivity contribution in [1.82, 2.24) is 14.5 Å². The lowest BCUT2D eigenvalue weighted by atomic mass is 10.2. The number of carbonyl (C=O) groups is 1. The number of imidazole rings is 1. The van der Waals surface area contributed by atoms with E-state index in [1.54, 1.807) is 6.07 Å². The summed E-state index contributed by atoms with van der Waals surface area (Å²) in [4.78, 5) is 18.6. The van der Waals surface area contributed by atoms with Crippen LogP contribution >= 0.6 is 11.6 Å². The van der Waals surface area contributed by atoms with Gasteiger partial charge >= 0.3 is 5.97 Å². The SMILES string of the molecule is N#Cc1ncn(-c2cc(C(=O)O)cc(Cl)n2)c1C#N. The van der Waals surface area contributed by atoms with Gasteiger partial charge in [0.15, 0.2) is 11.4 Å². The summed E-state index contributed by atoms with van der Waals surface area (Å²) in [5.74, 6) is -1.07. The van der Waals surface area contributed by atoms with Crippen LogP contribution in [0.25, 0.3) is 5.82 Å². The summed E-state index contributed by atoms with van der Waals surface area (Å²) in [5, 5.41) is 26.7. The van der Waals surface area contributed by atoms with Crippen molar-refractivity contribution in [1.29, 1.82) is 10.5 Å². The van der Waals surface area contributed by atoms with E-state index in [-0.39, 0.29) is 27.9 Å². The Bertz CT molecular complexity index is 753. The third-order valence-corrected chi connectivity index (χ3v) is 2.45. The van der Waals surface area contributed by atoms with Crippen LogP contribution in [0.15, 0.2) is 18.5 Å². The average molecular weight is 274 g/mol. The fourth-order valence-electron chi connectivity index (χ4n) is 1.44. The Kier molecular flexibility index (Phi) is 3.15. The number of aromatic nitrogens is 3. The number of hydrogen-bond acceptors (Lipinski definition) is 5. The predicted octanol–water partition coefficient (Wildman–Crippen LogP) is 1.36. The number of rotatable bonds is 2. The fourth-order valence-corrected chi connectivity index (χ4v) is 1.64. The van der Waals surface area contributed by atoms with Gasteiger partial charge in [0.25, 0.3) is 0 Å². The number of nitriles is 2. The molecule has 0 radical (unpaired) electrons. The van der Waals surface area contributed by atoms with Gasteiger partial charge in [0.1, 0.15) is 29.4 Å². The molecule has 7 nitrogen and oxygen atoms in total. The molecule has 0 atom stereocenters. The first-order valence-corrected chi connectivity index (χ1v) is 5.23. The number of carboxylic acids is 1. The molecule has 0 aromatic carbocycles. The van der Waals surface area contributed by atoms with Gasteiger partial charge in [-0.05, 0) is 12.1 Å². The van der Waals surface area contributed by atoms with Crippen molar-refractivity contribution >= 4 is 17.6 Å². The molecule has 0 saturated carbocycles. The highest BCUT2D eigenvalue weighted by atomic mass is 35.5. The lowest BCUT2D eigenvalue weighted by molar-refractivity contribution is 0.0696. The van der Waals surface area contributed by atoms with E-state index in [1.807, 2.05) is 6.07 Å². The first-order chi connectivity index (χ1) is 9.06. The van der Waals surface area contributed by atoms with Gasteiger partial charge in [0, 0.05) is 0 Å². The van der Waals surface area contributed by atoms with E-state index in [9.17, 15) is 4.79 Å². The minimum Gasteiger partial charge on any atom is -0.478 e. The number of nitrogens with zero attached hydrogens (tertiary/aromatic N) is 5. The fraction of sp³-hybridized carbons (Fsp3) is 0. The quantitative estimate of drug-likeness (QED) is 0.826. The molecule has 2 rings (SSSR count). The highest BCUT2D eigenvalue weighted by molar-refractivity contribution is 6.29. The molecule has 1 N–H and O–H groups in total. The molecule has 0 aliphatic heterocycles. The van der Waals surface area contributed by atoms with Crippen LogP contribution in [0.4, 0.5) is 0 Å². The van der Waals surface area contributed by atoms with Crippen molar-refractivity contribution < 1.29 is 9.90 Å². The van der Waals surface area contributed by atoms with Crippen molar-refractivity contribution in [3.63, 3.8) is 0 Å². The van der Waals surface area contributed by atoms with Crippen LogP contribution in [0.2, 0.25) is 5.15 Å². The molecule has 2 aromatic rings. The second-order valence-electron chi connectivity index (χ2n) is 3.38. The van der Waals surface area contributed by atoms with Gasteiger partial charge in [-0.25, -0.2) is 14.8 Å². The summed E-state index contributed by atoms with van der Waals surface area (Å²) in [6.07, 6.45) is 1.21. The lowest BCUT2D eigenvalue weighted by Gasteiger charge is -2.04. The van der Waals surface area contributed by atoms with Crippen molar-refractivity contribution in [2.24, 2.45) is 0 Å². The van der Waals surface area contributed by atoms with Gasteiger partial charge in [-0.15, -0.1) is 0 Å². The summed E-state index contributed by atoms with van der Waals surface area (Å²) in [6.45, 7) is 0. The summed E-state index contributed by atoms with van der Waals surface area (Å²) in [5.41, 5.74) is -0.180. The normalized spacial score (nSPS) is 9.63. The van der Waals surface area contributed by atoms with E-state index in [2.05, 4.69) is 9.97 Å². The number of pyridine rings is 1. The minimum absolute atomic E-state index is 0.0337. The van der Waals surface area contributed by atoms with Crippen LogP contribution in [0.5, 0.6) is 0 Å². The zero-order valence-electron chi connectivity index (χ0n) is 9.20. The molecule has 0 aliphatic rings. The largest absolute Gasteiger partial charge is 0.478 e. The molecule has 0 bridgehead atoms. The minimum atomic E-state index is -1.18. The Morgan fingerprint density at radius 3 is 2.68 bits per heavy atom. The third-order valence-electron chi connectivity index (χ3n) is 2.25. The Labute approximate surface area is 111 Å². The maximum absolute atomic E-state index is 10.9. The molecule has 0 unspecified atom stereocenters. The Morgan fingerprint density at radius 2 is 2.11 bits per heavy atom. The second-order valence-corrected chi connectivity index (χ2v) is 3.76. The number of hydrogen-bond donors (Lipinski definition) is 1. The van der Waals surface area contributed by atoms with Gasteiger partial charge in [-0.1, -0.05) is 11.6 Å². The molecule has 0 aliphatic carbocycles. The number of aromatic carboxylic acids is 1. The van der Waals surface area contributed by atoms with Gasteiger partial charge in [0.05, 0.1) is 5.56 Å². The summed E-state index contributed by atoms with van der Waals surface area (Å²) in [7, 11) is 0. The predicted molar refractivity (Wildman–Crippen MR) is 62.8 cm³/mol. The zero-order chi connectivity index (χ0) is 14.0. The molecule has 0 fully saturated rings. The zero-order valence-corrected chi connectivity index (χ0v) is 9.96. The molecule has 8 heteroatoms. The van der Waals surface area contributed by atoms with Crippen molar-refractivity contribution in [2.45, 2.75) is 0 Å². The van der Waals surface area contributed by atoms with Gasteiger partial charge in [-0.3, -0.25) is 4.57 Å². The molecule has 19 heavy (non-hydrogen) atoms. The molecule has 2 aromatic heterocycles. The third kappa shape index (κ3) is 2.23. The van der Waals surface area contributed by atoms with Crippen molar-refractivity contribution in [2.75, 3.05) is 0 Å². The Balaban J connectivity index is 2.67. The smallest absolute Gasteiger partial charge is 0.335 e. The Hall–Kier alpha value is -2.90. The molecule has 92 valence electrons. The number of carboxylic acid groups (broad SMARTS) is 1. The molecular formula is C11H4ClN5O2. The maximum Gasteiger partial charge on any atom is 0.335 e. The Morgan fingerprint density at radius 1 is 1.37 bits per heavy atom. The monoisotopic (exact) mass is 273 g/mol. The first-order valence-electron chi connectivity index (χ1n) is 4.85. The van der Waals surface area contributed by atoms with Crippen LogP contribution in [0, 0.1) is 22.7 Å². The van der Waals surface area contributed by atoms with E-state index in [0.717, 1.165) is 0 Å². The summed E-state index contributed by atoms with van der Waals surface area (Å²) < 4.78 is 1.21. The standard InChI is InChI=1S/C11H4ClN5O2/c12-9-1-6(11(18)19)2-10(16-9)17-5-15-7(3-13)8(17)4-14/h1-2,5H,(H,18,19). The highest BCUT2D eigenvalue weighted by Crippen LogP contribution is 2.17. The van der Waals surface area contributed by atoms with Crippen molar-refractivity contribution in [3.8, 4) is 18.0 Å². The van der Waals surface area contributed by atoms with E-state index in [0.29, 0.717) is 0 Å². The van der Waals surface area contributed by atoms with Crippen molar-refractivity contribution in [3.05, 3.63) is 40.6 Å². The topological polar surface area (TPSA) is 116 Å². The van der Waals surface area contributed by atoms with Crippen LogP contribution in [-0.4, -0.2) is 25.6 Å². The average Bonchev–Trinajstić information content (AvgIpc) is 2.80. The first kappa shape index (κ1) is 12.6. The van der Waals surface area contributed by atoms with Crippen LogP contribution in [-0.2, 0) is 0 Å². The summed E-state index contributed by atoms with van der Waals surface area (Å²) >= 11 is 5.72. The number of halogens is 1. The molecule has 0 amide bonds. The van der Waals surface area contributed by atoms with Crippen LogP contribution in [0.3, 0.4) is 0 Å². The lowest BCUT2D eigenvalue weighted by Crippen LogP contribution is -2.04. The van der Waals surface area contributed by atoms with E-state index < -0.39 is 5.97 Å². The summed E-state index contributed by atoms with van der Waals surface area (Å²) in [6, 6.07) is 5.98.